The molecule has 6 nitrogen and oxygen atoms in total. The topological polar surface area (TPSA) is 75.5 Å². The molecule has 1 aliphatic rings. The van der Waals surface area contributed by atoms with Gasteiger partial charge in [0.1, 0.15) is 5.56 Å². The number of carbonyl (C=O) groups is 1. The highest BCUT2D eigenvalue weighted by molar-refractivity contribution is 6.30. The van der Waals surface area contributed by atoms with Gasteiger partial charge in [0.2, 0.25) is 0 Å². The van der Waals surface area contributed by atoms with Crippen molar-refractivity contribution in [2.75, 3.05) is 18.4 Å². The number of hydrogen-bond acceptors (Lipinski definition) is 4. The number of para-hydroxylation sites is 1. The lowest BCUT2D eigenvalue weighted by Gasteiger charge is -2.33. The fraction of sp³-hybridized carbons (Fsp3) is 0.278. The van der Waals surface area contributed by atoms with Crippen LogP contribution in [0.3, 0.4) is 0 Å². The molecule has 1 fully saturated rings. The van der Waals surface area contributed by atoms with E-state index >= 15 is 0 Å². The summed E-state index contributed by atoms with van der Waals surface area (Å²) in [6.45, 7) is 1.12. The summed E-state index contributed by atoms with van der Waals surface area (Å²) in [5.74, 6) is -0.284. The van der Waals surface area contributed by atoms with E-state index in [9.17, 15) is 14.9 Å². The highest BCUT2D eigenvalue weighted by Gasteiger charge is 2.27. The van der Waals surface area contributed by atoms with Crippen molar-refractivity contribution < 1.29 is 9.72 Å². The van der Waals surface area contributed by atoms with Crippen LogP contribution in [0.15, 0.2) is 48.5 Å². The van der Waals surface area contributed by atoms with Gasteiger partial charge >= 0.3 is 0 Å². The molecule has 1 heterocycles. The number of nitrogens with one attached hydrogen (secondary N) is 1. The number of carbonyl (C=O) groups excluding carboxylic acids is 1. The Morgan fingerprint density at radius 2 is 1.88 bits per heavy atom. The number of amides is 1. The Labute approximate surface area is 150 Å². The molecule has 0 atom stereocenters. The normalized spacial score (nSPS) is 15.0. The Balaban J connectivity index is 1.62. The lowest BCUT2D eigenvalue weighted by atomic mass is 10.0. The smallest absolute Gasteiger partial charge is 0.282 e. The predicted octanol–water partition coefficient (Wildman–Crippen LogP) is 3.96. The molecule has 7 heteroatoms. The number of nitro groups is 1. The fourth-order valence-electron chi connectivity index (χ4n) is 3.02. The van der Waals surface area contributed by atoms with Crippen molar-refractivity contribution >= 4 is 28.9 Å². The van der Waals surface area contributed by atoms with Crippen LogP contribution in [0.2, 0.25) is 5.02 Å². The van der Waals surface area contributed by atoms with Crippen molar-refractivity contribution in [1.82, 2.24) is 4.90 Å². The molecular formula is C18H18ClN3O3. The van der Waals surface area contributed by atoms with Crippen LogP contribution in [0.1, 0.15) is 23.2 Å². The van der Waals surface area contributed by atoms with Crippen molar-refractivity contribution in [2.24, 2.45) is 0 Å². The number of hydrogen-bond donors (Lipinski definition) is 1. The summed E-state index contributed by atoms with van der Waals surface area (Å²) >= 11 is 5.99. The van der Waals surface area contributed by atoms with Gasteiger partial charge in [-0.2, -0.15) is 0 Å². The third-order valence-corrected chi connectivity index (χ3v) is 4.54. The molecule has 2 aromatic carbocycles. The number of piperidine rings is 1. The van der Waals surface area contributed by atoms with Crippen LogP contribution in [0, 0.1) is 10.1 Å². The Morgan fingerprint density at radius 3 is 2.56 bits per heavy atom. The third-order valence-electron chi connectivity index (χ3n) is 4.31. The first-order valence-electron chi connectivity index (χ1n) is 8.09. The lowest BCUT2D eigenvalue weighted by molar-refractivity contribution is -0.385. The zero-order valence-corrected chi connectivity index (χ0v) is 14.3. The van der Waals surface area contributed by atoms with Crippen LogP contribution in [0.4, 0.5) is 11.4 Å². The van der Waals surface area contributed by atoms with E-state index in [1.54, 1.807) is 17.0 Å². The summed E-state index contributed by atoms with van der Waals surface area (Å²) in [6.07, 6.45) is 1.55. The van der Waals surface area contributed by atoms with E-state index in [2.05, 4.69) is 5.32 Å². The van der Waals surface area contributed by atoms with E-state index in [1.165, 1.54) is 12.1 Å². The molecule has 0 saturated carbocycles. The van der Waals surface area contributed by atoms with Gasteiger partial charge in [-0.1, -0.05) is 29.8 Å². The van der Waals surface area contributed by atoms with Crippen LogP contribution in [-0.2, 0) is 0 Å². The molecule has 1 saturated heterocycles. The quantitative estimate of drug-likeness (QED) is 0.662. The van der Waals surface area contributed by atoms with E-state index in [1.807, 2.05) is 24.3 Å². The minimum Gasteiger partial charge on any atom is -0.382 e. The molecule has 25 heavy (non-hydrogen) atoms. The Bertz CT molecular complexity index is 789. The third kappa shape index (κ3) is 4.09. The number of nitro benzene ring substituents is 1. The average Bonchev–Trinajstić information content (AvgIpc) is 2.62. The van der Waals surface area contributed by atoms with Gasteiger partial charge in [-0.3, -0.25) is 14.9 Å². The lowest BCUT2D eigenvalue weighted by Crippen LogP contribution is -2.42. The maximum absolute atomic E-state index is 12.6. The summed E-state index contributed by atoms with van der Waals surface area (Å²) in [7, 11) is 0. The molecule has 3 rings (SSSR count). The molecule has 1 N–H and O–H groups in total. The van der Waals surface area contributed by atoms with Crippen molar-refractivity contribution in [3.05, 3.63) is 69.2 Å². The summed E-state index contributed by atoms with van der Waals surface area (Å²) in [5, 5.41) is 15.2. The van der Waals surface area contributed by atoms with Crippen molar-refractivity contribution in [3.63, 3.8) is 0 Å². The zero-order valence-electron chi connectivity index (χ0n) is 13.5. The SMILES string of the molecule is O=C(c1ccccc1[N+](=O)[O-])N1CCC(Nc2cccc(Cl)c2)CC1. The minimum absolute atomic E-state index is 0.147. The fourth-order valence-corrected chi connectivity index (χ4v) is 3.22. The molecule has 0 radical (unpaired) electrons. The van der Waals surface area contributed by atoms with Gasteiger partial charge in [-0.25, -0.2) is 0 Å². The van der Waals surface area contributed by atoms with E-state index in [4.69, 9.17) is 11.6 Å². The van der Waals surface area contributed by atoms with Crippen LogP contribution < -0.4 is 5.32 Å². The Kier molecular flexibility index (Phi) is 5.19. The zero-order chi connectivity index (χ0) is 17.8. The van der Waals surface area contributed by atoms with Crippen LogP contribution in [-0.4, -0.2) is 34.9 Å². The van der Waals surface area contributed by atoms with E-state index in [0.29, 0.717) is 18.1 Å². The Morgan fingerprint density at radius 1 is 1.16 bits per heavy atom. The molecule has 0 bridgehead atoms. The number of benzene rings is 2. The average molecular weight is 360 g/mol. The number of anilines is 1. The monoisotopic (exact) mass is 359 g/mol. The highest BCUT2D eigenvalue weighted by Crippen LogP contribution is 2.23. The Hall–Kier alpha value is -2.60. The van der Waals surface area contributed by atoms with Gasteiger partial charge in [-0.15, -0.1) is 0 Å². The standard InChI is InChI=1S/C18H18ClN3O3/c19-13-4-3-5-15(12-13)20-14-8-10-21(11-9-14)18(23)16-6-1-2-7-17(16)22(24)25/h1-7,12,14,20H,8-11H2. The summed E-state index contributed by atoms with van der Waals surface area (Å²) < 4.78 is 0. The van der Waals surface area contributed by atoms with Gasteiger partial charge in [-0.05, 0) is 37.1 Å². The molecule has 0 unspecified atom stereocenters. The molecule has 1 aliphatic heterocycles. The maximum atomic E-state index is 12.6. The molecule has 130 valence electrons. The highest BCUT2D eigenvalue weighted by atomic mass is 35.5. The molecule has 0 spiro atoms. The van der Waals surface area contributed by atoms with Crippen LogP contribution in [0.25, 0.3) is 0 Å². The van der Waals surface area contributed by atoms with E-state index in [0.717, 1.165) is 18.5 Å². The van der Waals surface area contributed by atoms with E-state index < -0.39 is 4.92 Å². The number of likely N-dealkylation sites (tertiary alicyclic amines) is 1. The van der Waals surface area contributed by atoms with Gasteiger partial charge in [0, 0.05) is 35.9 Å². The van der Waals surface area contributed by atoms with Crippen molar-refractivity contribution in [2.45, 2.75) is 18.9 Å². The van der Waals surface area contributed by atoms with Gasteiger partial charge in [0.05, 0.1) is 4.92 Å². The second-order valence-electron chi connectivity index (χ2n) is 6.00. The molecular weight excluding hydrogens is 342 g/mol. The van der Waals surface area contributed by atoms with Crippen molar-refractivity contribution in [3.8, 4) is 0 Å². The first-order valence-corrected chi connectivity index (χ1v) is 8.47. The first kappa shape index (κ1) is 17.2. The number of nitrogens with zero attached hydrogens (tertiary/aromatic N) is 2. The van der Waals surface area contributed by atoms with Gasteiger partial charge in [0.25, 0.3) is 11.6 Å². The molecule has 0 aromatic heterocycles. The van der Waals surface area contributed by atoms with Gasteiger partial charge < -0.3 is 10.2 Å². The summed E-state index contributed by atoms with van der Waals surface area (Å²) in [4.78, 5) is 24.9. The number of halogens is 1. The van der Waals surface area contributed by atoms with Crippen LogP contribution in [0.5, 0.6) is 0 Å². The van der Waals surface area contributed by atoms with Crippen LogP contribution >= 0.6 is 11.6 Å². The van der Waals surface area contributed by atoms with Crippen molar-refractivity contribution in [1.29, 1.82) is 0 Å². The van der Waals surface area contributed by atoms with E-state index in [-0.39, 0.29) is 23.2 Å². The molecule has 2 aromatic rings. The number of rotatable bonds is 4. The largest absolute Gasteiger partial charge is 0.382 e. The second kappa shape index (κ2) is 7.53. The van der Waals surface area contributed by atoms with Gasteiger partial charge in [0.15, 0.2) is 0 Å². The second-order valence-corrected chi connectivity index (χ2v) is 6.43. The molecule has 1 amide bonds. The first-order chi connectivity index (χ1) is 12.0. The summed E-state index contributed by atoms with van der Waals surface area (Å²) in [6, 6.07) is 13.9. The molecule has 0 aliphatic carbocycles. The maximum Gasteiger partial charge on any atom is 0.282 e. The predicted molar refractivity (Wildman–Crippen MR) is 97.1 cm³/mol. The summed E-state index contributed by atoms with van der Waals surface area (Å²) in [5.41, 5.74) is 0.955. The minimum atomic E-state index is -0.513.